The van der Waals surface area contributed by atoms with E-state index in [-0.39, 0.29) is 12.4 Å². The number of benzene rings is 1. The molecular weight excluding hydrogens is 204 g/mol. The van der Waals surface area contributed by atoms with E-state index in [4.69, 9.17) is 10.0 Å². The highest BCUT2D eigenvalue weighted by atomic mass is 35.5. The average molecular weight is 217 g/mol. The van der Waals surface area contributed by atoms with Crippen molar-refractivity contribution in [1.82, 2.24) is 0 Å². The van der Waals surface area contributed by atoms with Gasteiger partial charge in [0.25, 0.3) is 0 Å². The molecule has 0 fully saturated rings. The predicted octanol–water partition coefficient (Wildman–Crippen LogP) is 0.523. The molecule has 1 aromatic carbocycles. The van der Waals surface area contributed by atoms with Gasteiger partial charge in [-0.1, -0.05) is 0 Å². The van der Waals surface area contributed by atoms with E-state index in [0.717, 1.165) is 5.69 Å². The van der Waals surface area contributed by atoms with Crippen LogP contribution in [0.1, 0.15) is 0 Å². The molecule has 0 unspecified atom stereocenters. The number of hydrogen-bond donors (Lipinski definition) is 2. The molecule has 4 nitrogen and oxygen atoms in total. The van der Waals surface area contributed by atoms with Gasteiger partial charge in [0, 0.05) is 19.8 Å². The number of hydrogen-bond acceptors (Lipinski definition) is 4. The van der Waals surface area contributed by atoms with E-state index in [2.05, 4.69) is 4.65 Å². The Morgan fingerprint density at radius 1 is 1.14 bits per heavy atom. The number of nitrogens with zero attached hydrogens (tertiary/aromatic N) is 1. The Balaban J connectivity index is 0.00000169. The van der Waals surface area contributed by atoms with E-state index < -0.39 is 7.32 Å². The zero-order valence-electron chi connectivity index (χ0n) is 8.04. The van der Waals surface area contributed by atoms with Gasteiger partial charge >= 0.3 is 7.32 Å². The highest BCUT2D eigenvalue weighted by molar-refractivity contribution is 6.33. The van der Waals surface area contributed by atoms with Crippen molar-refractivity contribution in [2.45, 2.75) is 0 Å². The van der Waals surface area contributed by atoms with Crippen molar-refractivity contribution in [1.29, 1.82) is 0 Å². The Bertz CT molecular complexity index is 266. The van der Waals surface area contributed by atoms with Gasteiger partial charge in [-0.25, -0.2) is 0 Å². The molecular formula is C8H13BClNO3. The topological polar surface area (TPSA) is 52.9 Å². The summed E-state index contributed by atoms with van der Waals surface area (Å²) < 4.78 is 4.64. The van der Waals surface area contributed by atoms with Crippen molar-refractivity contribution < 1.29 is 14.7 Å². The second-order valence-electron chi connectivity index (χ2n) is 2.83. The van der Waals surface area contributed by atoms with Gasteiger partial charge in [0.05, 0.1) is 0 Å². The molecule has 0 saturated carbocycles. The van der Waals surface area contributed by atoms with Crippen molar-refractivity contribution in [3.8, 4) is 5.75 Å². The van der Waals surface area contributed by atoms with Gasteiger partial charge in [-0.2, -0.15) is 0 Å². The van der Waals surface area contributed by atoms with Gasteiger partial charge < -0.3 is 19.6 Å². The summed E-state index contributed by atoms with van der Waals surface area (Å²) in [6.07, 6.45) is 0. The molecule has 1 aromatic rings. The zero-order valence-corrected chi connectivity index (χ0v) is 8.86. The summed E-state index contributed by atoms with van der Waals surface area (Å²) in [4.78, 5) is 1.94. The van der Waals surface area contributed by atoms with Crippen LogP contribution < -0.4 is 9.55 Å². The van der Waals surface area contributed by atoms with Crippen LogP contribution >= 0.6 is 12.4 Å². The highest BCUT2D eigenvalue weighted by Crippen LogP contribution is 2.17. The van der Waals surface area contributed by atoms with Gasteiger partial charge in [-0.05, 0) is 24.3 Å². The summed E-state index contributed by atoms with van der Waals surface area (Å²) in [5.41, 5.74) is 1.03. The Kier molecular flexibility index (Phi) is 5.38. The summed E-state index contributed by atoms with van der Waals surface area (Å²) >= 11 is 0. The van der Waals surface area contributed by atoms with Crippen LogP contribution in [0.5, 0.6) is 5.75 Å². The van der Waals surface area contributed by atoms with Crippen LogP contribution in [0, 0.1) is 0 Å². The Morgan fingerprint density at radius 3 is 2.00 bits per heavy atom. The second kappa shape index (κ2) is 5.75. The van der Waals surface area contributed by atoms with Crippen molar-refractivity contribution >= 4 is 25.4 Å². The molecule has 0 atom stereocenters. The first-order valence-corrected chi connectivity index (χ1v) is 3.90. The summed E-state index contributed by atoms with van der Waals surface area (Å²) in [5, 5.41) is 17.0. The SMILES string of the molecule is CN(C)c1ccc(OB(O)O)cc1.Cl. The van der Waals surface area contributed by atoms with Crippen molar-refractivity contribution in [3.63, 3.8) is 0 Å². The lowest BCUT2D eigenvalue weighted by atomic mass is 10.2. The van der Waals surface area contributed by atoms with Crippen LogP contribution in [0.4, 0.5) is 5.69 Å². The van der Waals surface area contributed by atoms with E-state index in [1.54, 1.807) is 12.1 Å². The van der Waals surface area contributed by atoms with E-state index in [0.29, 0.717) is 5.75 Å². The van der Waals surface area contributed by atoms with E-state index in [9.17, 15) is 0 Å². The Hall–Kier alpha value is -0.905. The lowest BCUT2D eigenvalue weighted by Crippen LogP contribution is -2.20. The molecule has 1 rings (SSSR count). The molecule has 0 aliphatic rings. The first kappa shape index (κ1) is 13.1. The third kappa shape index (κ3) is 3.87. The third-order valence-corrected chi connectivity index (χ3v) is 1.59. The molecule has 0 heterocycles. The molecule has 0 spiro atoms. The van der Waals surface area contributed by atoms with Gasteiger partial charge in [0.1, 0.15) is 5.75 Å². The minimum absolute atomic E-state index is 0. The van der Waals surface area contributed by atoms with Crippen LogP contribution in [-0.2, 0) is 0 Å². The fraction of sp³-hybridized carbons (Fsp3) is 0.250. The smallest absolute Gasteiger partial charge is 0.512 e. The molecule has 6 heteroatoms. The minimum Gasteiger partial charge on any atom is -0.512 e. The van der Waals surface area contributed by atoms with Crippen LogP contribution in [0.3, 0.4) is 0 Å². The normalized spacial score (nSPS) is 8.86. The molecule has 0 bridgehead atoms. The summed E-state index contributed by atoms with van der Waals surface area (Å²) in [6.45, 7) is 0. The number of halogens is 1. The largest absolute Gasteiger partial charge is 0.707 e. The monoisotopic (exact) mass is 217 g/mol. The minimum atomic E-state index is -1.76. The van der Waals surface area contributed by atoms with Gasteiger partial charge in [0.2, 0.25) is 0 Å². The lowest BCUT2D eigenvalue weighted by molar-refractivity contribution is 0.288. The fourth-order valence-electron chi connectivity index (χ4n) is 0.945. The van der Waals surface area contributed by atoms with E-state index in [1.807, 2.05) is 31.1 Å². The van der Waals surface area contributed by atoms with E-state index in [1.165, 1.54) is 0 Å². The number of anilines is 1. The summed E-state index contributed by atoms with van der Waals surface area (Å²) in [6, 6.07) is 7.01. The molecule has 0 aliphatic carbocycles. The molecule has 0 amide bonds. The average Bonchev–Trinajstić information content (AvgIpc) is 2.04. The van der Waals surface area contributed by atoms with Crippen LogP contribution in [0.25, 0.3) is 0 Å². The molecule has 78 valence electrons. The van der Waals surface area contributed by atoms with Crippen molar-refractivity contribution in [2.75, 3.05) is 19.0 Å². The van der Waals surface area contributed by atoms with Crippen molar-refractivity contribution in [3.05, 3.63) is 24.3 Å². The van der Waals surface area contributed by atoms with Crippen molar-refractivity contribution in [2.24, 2.45) is 0 Å². The van der Waals surface area contributed by atoms with E-state index >= 15 is 0 Å². The zero-order chi connectivity index (χ0) is 9.84. The molecule has 0 aliphatic heterocycles. The van der Waals surface area contributed by atoms with Crippen LogP contribution in [0.15, 0.2) is 24.3 Å². The summed E-state index contributed by atoms with van der Waals surface area (Å²) in [7, 11) is 2.10. The van der Waals surface area contributed by atoms with Gasteiger partial charge in [0.15, 0.2) is 0 Å². The van der Waals surface area contributed by atoms with Gasteiger partial charge in [-0.3, -0.25) is 0 Å². The molecule has 0 radical (unpaired) electrons. The predicted molar refractivity (Wildman–Crippen MR) is 58.8 cm³/mol. The fourth-order valence-corrected chi connectivity index (χ4v) is 0.945. The Labute approximate surface area is 89.7 Å². The molecule has 0 saturated heterocycles. The second-order valence-corrected chi connectivity index (χ2v) is 2.83. The highest BCUT2D eigenvalue weighted by Gasteiger charge is 2.10. The van der Waals surface area contributed by atoms with Crippen LogP contribution in [0.2, 0.25) is 0 Å². The summed E-state index contributed by atoms with van der Waals surface area (Å²) in [5.74, 6) is 0.431. The standard InChI is InChI=1S/C8H12BNO3.ClH/c1-10(2)7-3-5-8(6-4-7)13-9(11)12;/h3-6,11-12H,1-2H3;1H. The molecule has 2 N–H and O–H groups in total. The maximum atomic E-state index is 8.51. The third-order valence-electron chi connectivity index (χ3n) is 1.59. The van der Waals surface area contributed by atoms with Gasteiger partial charge in [-0.15, -0.1) is 12.4 Å². The maximum Gasteiger partial charge on any atom is 0.707 e. The number of rotatable bonds is 3. The lowest BCUT2D eigenvalue weighted by Gasteiger charge is -2.12. The van der Waals surface area contributed by atoms with Crippen LogP contribution in [-0.4, -0.2) is 31.5 Å². The molecule has 14 heavy (non-hydrogen) atoms. The quantitative estimate of drug-likeness (QED) is 0.725. The first-order valence-electron chi connectivity index (χ1n) is 3.90. The first-order chi connectivity index (χ1) is 6.09. The Morgan fingerprint density at radius 2 is 1.64 bits per heavy atom. The molecule has 0 aromatic heterocycles. The maximum absolute atomic E-state index is 8.51.